The highest BCUT2D eigenvalue weighted by Gasteiger charge is 2.26. The van der Waals surface area contributed by atoms with E-state index in [1.54, 1.807) is 12.1 Å². The molecule has 1 aliphatic heterocycles. The number of rotatable bonds is 2. The second-order valence-corrected chi connectivity index (χ2v) is 3.76. The van der Waals surface area contributed by atoms with Crippen molar-refractivity contribution < 1.29 is 14.6 Å². The molecule has 0 saturated carbocycles. The molecule has 0 aromatic heterocycles. The second-order valence-electron chi connectivity index (χ2n) is 3.35. The summed E-state index contributed by atoms with van der Waals surface area (Å²) in [5.41, 5.74) is 6.86. The molecule has 5 heteroatoms. The van der Waals surface area contributed by atoms with Crippen LogP contribution in [0.25, 0.3) is 0 Å². The lowest BCUT2D eigenvalue weighted by molar-refractivity contribution is -0.138. The Hall–Kier alpha value is -1.26. The monoisotopic (exact) mass is 227 g/mol. The maximum Gasteiger partial charge on any atom is 0.325 e. The average Bonchev–Trinajstić information content (AvgIpc) is 2.64. The molecule has 4 nitrogen and oxygen atoms in total. The molecular formula is C10H10ClNO3. The maximum absolute atomic E-state index is 10.8. The van der Waals surface area contributed by atoms with Crippen molar-refractivity contribution in [2.45, 2.75) is 12.5 Å². The predicted octanol–water partition coefficient (Wildman–Crippen LogP) is 1.36. The first-order valence-corrected chi connectivity index (χ1v) is 4.91. The molecule has 0 fully saturated rings. The molecule has 80 valence electrons. The molecule has 1 unspecified atom stereocenters. The molecule has 2 rings (SSSR count). The zero-order chi connectivity index (χ0) is 11.0. The minimum Gasteiger partial charge on any atom is -0.493 e. The molecule has 3 N–H and O–H groups in total. The third-order valence-corrected chi connectivity index (χ3v) is 2.78. The number of halogens is 1. The van der Waals surface area contributed by atoms with Crippen LogP contribution in [0.5, 0.6) is 5.75 Å². The highest BCUT2D eigenvalue weighted by atomic mass is 35.5. The van der Waals surface area contributed by atoms with Gasteiger partial charge in [-0.1, -0.05) is 11.6 Å². The Morgan fingerprint density at radius 1 is 1.60 bits per heavy atom. The van der Waals surface area contributed by atoms with Gasteiger partial charge < -0.3 is 15.6 Å². The summed E-state index contributed by atoms with van der Waals surface area (Å²) < 4.78 is 5.32. The van der Waals surface area contributed by atoms with Crippen molar-refractivity contribution in [3.05, 3.63) is 28.3 Å². The third kappa shape index (κ3) is 1.66. The summed E-state index contributed by atoms with van der Waals surface area (Å²) in [6.45, 7) is 0.551. The molecular weight excluding hydrogens is 218 g/mol. The van der Waals surface area contributed by atoms with Crippen LogP contribution in [-0.4, -0.2) is 17.7 Å². The van der Waals surface area contributed by atoms with Gasteiger partial charge in [-0.3, -0.25) is 4.79 Å². The summed E-state index contributed by atoms with van der Waals surface area (Å²) in [7, 11) is 0. The molecule has 0 aliphatic carbocycles. The van der Waals surface area contributed by atoms with E-state index in [2.05, 4.69) is 0 Å². The summed E-state index contributed by atoms with van der Waals surface area (Å²) in [4.78, 5) is 10.8. The summed E-state index contributed by atoms with van der Waals surface area (Å²) in [5, 5.41) is 9.25. The Labute approximate surface area is 91.6 Å². The van der Waals surface area contributed by atoms with Crippen LogP contribution in [0.4, 0.5) is 0 Å². The standard InChI is InChI=1S/C10H10ClNO3/c11-6-1-2-7-5(3-4-15-7)8(6)9(12)10(13)14/h1-2,9H,3-4,12H2,(H,13,14). The zero-order valence-electron chi connectivity index (χ0n) is 7.87. The predicted molar refractivity (Wildman–Crippen MR) is 55.2 cm³/mol. The first kappa shape index (κ1) is 10.3. The summed E-state index contributed by atoms with van der Waals surface area (Å²) in [5.74, 6) is -0.400. The molecule has 0 saturated heterocycles. The van der Waals surface area contributed by atoms with Crippen LogP contribution in [0.3, 0.4) is 0 Å². The fourth-order valence-corrected chi connectivity index (χ4v) is 2.03. The Morgan fingerprint density at radius 3 is 3.00 bits per heavy atom. The number of carbonyl (C=O) groups is 1. The Morgan fingerprint density at radius 2 is 2.33 bits per heavy atom. The van der Waals surface area contributed by atoms with E-state index < -0.39 is 12.0 Å². The average molecular weight is 228 g/mol. The van der Waals surface area contributed by atoms with E-state index in [0.29, 0.717) is 29.4 Å². The van der Waals surface area contributed by atoms with Gasteiger partial charge in [-0.05, 0) is 12.1 Å². The second kappa shape index (κ2) is 3.72. The quantitative estimate of drug-likeness (QED) is 0.800. The molecule has 1 heterocycles. The molecule has 0 bridgehead atoms. The van der Waals surface area contributed by atoms with Crippen LogP contribution in [0.2, 0.25) is 5.02 Å². The zero-order valence-corrected chi connectivity index (χ0v) is 8.62. The number of ether oxygens (including phenoxy) is 1. The third-order valence-electron chi connectivity index (χ3n) is 2.45. The van der Waals surface area contributed by atoms with Gasteiger partial charge in [-0.25, -0.2) is 0 Å². The number of carboxylic acids is 1. The van der Waals surface area contributed by atoms with Gasteiger partial charge in [-0.2, -0.15) is 0 Å². The molecule has 0 radical (unpaired) electrons. The largest absolute Gasteiger partial charge is 0.493 e. The lowest BCUT2D eigenvalue weighted by Crippen LogP contribution is -2.22. The van der Waals surface area contributed by atoms with E-state index in [1.165, 1.54) is 0 Å². The smallest absolute Gasteiger partial charge is 0.325 e. The minimum absolute atomic E-state index is 0.383. The van der Waals surface area contributed by atoms with Crippen molar-refractivity contribution in [3.63, 3.8) is 0 Å². The van der Waals surface area contributed by atoms with Crippen molar-refractivity contribution in [2.75, 3.05) is 6.61 Å². The van der Waals surface area contributed by atoms with Crippen LogP contribution in [0.15, 0.2) is 12.1 Å². The molecule has 0 amide bonds. The van der Waals surface area contributed by atoms with Gasteiger partial charge in [0.1, 0.15) is 11.8 Å². The first-order valence-electron chi connectivity index (χ1n) is 4.53. The van der Waals surface area contributed by atoms with Crippen LogP contribution in [-0.2, 0) is 11.2 Å². The van der Waals surface area contributed by atoms with Gasteiger partial charge >= 0.3 is 5.97 Å². The van der Waals surface area contributed by atoms with E-state index in [1.807, 2.05) is 0 Å². The molecule has 1 aliphatic rings. The first-order chi connectivity index (χ1) is 7.11. The highest BCUT2D eigenvalue weighted by molar-refractivity contribution is 6.31. The fraction of sp³-hybridized carbons (Fsp3) is 0.300. The minimum atomic E-state index is -1.09. The SMILES string of the molecule is NC(C(=O)O)c1c(Cl)ccc2c1CCO2. The van der Waals surface area contributed by atoms with Gasteiger partial charge in [0, 0.05) is 22.6 Å². The lowest BCUT2D eigenvalue weighted by Gasteiger charge is -2.12. The summed E-state index contributed by atoms with van der Waals surface area (Å²) in [6, 6.07) is 2.26. The van der Waals surface area contributed by atoms with Gasteiger partial charge in [0.05, 0.1) is 6.61 Å². The number of fused-ring (bicyclic) bond motifs is 1. The van der Waals surface area contributed by atoms with E-state index in [9.17, 15) is 4.79 Å². The molecule has 15 heavy (non-hydrogen) atoms. The molecule has 0 spiro atoms. The van der Waals surface area contributed by atoms with E-state index in [-0.39, 0.29) is 0 Å². The van der Waals surface area contributed by atoms with E-state index >= 15 is 0 Å². The maximum atomic E-state index is 10.8. The summed E-state index contributed by atoms with van der Waals surface area (Å²) in [6.07, 6.45) is 0.659. The number of carboxylic acid groups (broad SMARTS) is 1. The Balaban J connectivity index is 2.54. The van der Waals surface area contributed by atoms with Crippen LogP contribution in [0.1, 0.15) is 17.2 Å². The lowest BCUT2D eigenvalue weighted by atomic mass is 9.99. The van der Waals surface area contributed by atoms with Crippen LogP contribution in [0, 0.1) is 0 Å². The van der Waals surface area contributed by atoms with Gasteiger partial charge in [-0.15, -0.1) is 0 Å². The molecule has 1 atom stereocenters. The number of hydrogen-bond acceptors (Lipinski definition) is 3. The van der Waals surface area contributed by atoms with Crippen molar-refractivity contribution >= 4 is 17.6 Å². The fourth-order valence-electron chi connectivity index (χ4n) is 1.73. The summed E-state index contributed by atoms with van der Waals surface area (Å²) >= 11 is 5.95. The molecule has 1 aromatic rings. The number of nitrogens with two attached hydrogens (primary N) is 1. The van der Waals surface area contributed by atoms with Crippen molar-refractivity contribution in [3.8, 4) is 5.75 Å². The Kier molecular flexibility index (Phi) is 2.54. The molecule has 1 aromatic carbocycles. The topological polar surface area (TPSA) is 72.6 Å². The van der Waals surface area contributed by atoms with Gasteiger partial charge in [0.25, 0.3) is 0 Å². The van der Waals surface area contributed by atoms with Crippen LogP contribution >= 0.6 is 11.6 Å². The van der Waals surface area contributed by atoms with Crippen molar-refractivity contribution in [1.82, 2.24) is 0 Å². The Bertz CT molecular complexity index is 419. The highest BCUT2D eigenvalue weighted by Crippen LogP contribution is 2.35. The van der Waals surface area contributed by atoms with Gasteiger partial charge in [0.15, 0.2) is 0 Å². The number of benzene rings is 1. The van der Waals surface area contributed by atoms with Crippen LogP contribution < -0.4 is 10.5 Å². The number of aliphatic carboxylic acids is 1. The van der Waals surface area contributed by atoms with E-state index in [0.717, 1.165) is 5.56 Å². The van der Waals surface area contributed by atoms with Gasteiger partial charge in [0.2, 0.25) is 0 Å². The van der Waals surface area contributed by atoms with Crippen molar-refractivity contribution in [1.29, 1.82) is 0 Å². The normalized spacial score (nSPS) is 15.6. The number of hydrogen-bond donors (Lipinski definition) is 2. The van der Waals surface area contributed by atoms with E-state index in [4.69, 9.17) is 27.2 Å². The van der Waals surface area contributed by atoms with Crippen molar-refractivity contribution in [2.24, 2.45) is 5.73 Å².